The van der Waals surface area contributed by atoms with E-state index in [4.69, 9.17) is 5.11 Å². The summed E-state index contributed by atoms with van der Waals surface area (Å²) in [5, 5.41) is 16.0. The normalized spacial score (nSPS) is 10.8. The molecule has 1 heterocycles. The van der Waals surface area contributed by atoms with E-state index in [0.29, 0.717) is 5.56 Å². The monoisotopic (exact) mass is 253 g/mol. The van der Waals surface area contributed by atoms with Gasteiger partial charge in [0.2, 0.25) is 0 Å². The topological polar surface area (TPSA) is 68.0 Å². The lowest BCUT2D eigenvalue weighted by Crippen LogP contribution is -2.07. The van der Waals surface area contributed by atoms with Crippen molar-refractivity contribution < 1.29 is 18.7 Å². The van der Waals surface area contributed by atoms with Crippen LogP contribution < -0.4 is 0 Å². The highest BCUT2D eigenvalue weighted by atomic mass is 19.3. The Morgan fingerprint density at radius 2 is 2.00 bits per heavy atom. The fraction of sp³-hybridized carbons (Fsp3) is 0.182. The number of rotatable bonds is 4. The molecular formula is C11H9F2N3O2. The highest BCUT2D eigenvalue weighted by Crippen LogP contribution is 2.21. The molecule has 2 aromatic rings. The molecule has 0 radical (unpaired) electrons. The van der Waals surface area contributed by atoms with Gasteiger partial charge in [0.1, 0.15) is 11.4 Å². The van der Waals surface area contributed by atoms with Gasteiger partial charge in [-0.25, -0.2) is 13.5 Å². The molecule has 0 spiro atoms. The summed E-state index contributed by atoms with van der Waals surface area (Å²) in [6.07, 6.45) is -2.57. The first kappa shape index (κ1) is 12.2. The third kappa shape index (κ3) is 2.34. The number of alkyl halides is 2. The maximum absolute atomic E-state index is 12.8. The van der Waals surface area contributed by atoms with Crippen LogP contribution in [0.25, 0.3) is 0 Å². The number of hydrogen-bond donors (Lipinski definition) is 1. The maximum Gasteiger partial charge on any atom is 0.282 e. The summed E-state index contributed by atoms with van der Waals surface area (Å²) < 4.78 is 26.5. The molecule has 1 aromatic carbocycles. The van der Waals surface area contributed by atoms with E-state index in [9.17, 15) is 13.6 Å². The van der Waals surface area contributed by atoms with Crippen LogP contribution in [0.4, 0.5) is 8.78 Å². The third-order valence-corrected chi connectivity index (χ3v) is 2.39. The molecule has 94 valence electrons. The minimum Gasteiger partial charge on any atom is -0.508 e. The summed E-state index contributed by atoms with van der Waals surface area (Å²) in [6, 6.07) is 6.03. The molecule has 1 aromatic heterocycles. The number of hydrogen-bond acceptors (Lipinski definition) is 4. The minimum atomic E-state index is -2.82. The van der Waals surface area contributed by atoms with E-state index >= 15 is 0 Å². The number of halogens is 2. The SMILES string of the molecule is O=Cc1nnn(Cc2ccc(O)cc2)c1C(F)F. The van der Waals surface area contributed by atoms with Crippen molar-refractivity contribution >= 4 is 6.29 Å². The number of nitrogens with zero attached hydrogens (tertiary/aromatic N) is 3. The Morgan fingerprint density at radius 3 is 2.56 bits per heavy atom. The number of phenolic OH excluding ortho intramolecular Hbond substituents is 1. The van der Waals surface area contributed by atoms with Crippen LogP contribution in [0.3, 0.4) is 0 Å². The quantitative estimate of drug-likeness (QED) is 0.843. The summed E-state index contributed by atoms with van der Waals surface area (Å²) in [5.74, 6) is 0.0833. The average molecular weight is 253 g/mol. The van der Waals surface area contributed by atoms with Crippen molar-refractivity contribution in [1.29, 1.82) is 0 Å². The van der Waals surface area contributed by atoms with Gasteiger partial charge in [-0.3, -0.25) is 4.79 Å². The predicted molar refractivity (Wildman–Crippen MR) is 57.6 cm³/mol. The van der Waals surface area contributed by atoms with Gasteiger partial charge < -0.3 is 5.11 Å². The molecule has 0 fully saturated rings. The Labute approximate surface area is 101 Å². The smallest absolute Gasteiger partial charge is 0.282 e. The van der Waals surface area contributed by atoms with Crippen LogP contribution in [0.5, 0.6) is 5.75 Å². The maximum atomic E-state index is 12.8. The van der Waals surface area contributed by atoms with Crippen molar-refractivity contribution in [3.8, 4) is 5.75 Å². The summed E-state index contributed by atoms with van der Waals surface area (Å²) in [6.45, 7) is 0.0563. The predicted octanol–water partition coefficient (Wildman–Crippen LogP) is 1.78. The molecular weight excluding hydrogens is 244 g/mol. The Morgan fingerprint density at radius 1 is 1.33 bits per heavy atom. The third-order valence-electron chi connectivity index (χ3n) is 2.39. The molecule has 2 rings (SSSR count). The van der Waals surface area contributed by atoms with Gasteiger partial charge in [-0.15, -0.1) is 5.10 Å². The lowest BCUT2D eigenvalue weighted by atomic mass is 10.2. The van der Waals surface area contributed by atoms with Crippen LogP contribution in [0.15, 0.2) is 24.3 Å². The van der Waals surface area contributed by atoms with E-state index in [0.717, 1.165) is 4.68 Å². The van der Waals surface area contributed by atoms with Crippen LogP contribution in [-0.4, -0.2) is 26.4 Å². The first-order valence-electron chi connectivity index (χ1n) is 5.06. The van der Waals surface area contributed by atoms with Gasteiger partial charge in [-0.2, -0.15) is 0 Å². The zero-order valence-corrected chi connectivity index (χ0v) is 9.12. The van der Waals surface area contributed by atoms with Crippen molar-refractivity contribution in [3.63, 3.8) is 0 Å². The van der Waals surface area contributed by atoms with Gasteiger partial charge in [0, 0.05) is 0 Å². The molecule has 0 saturated carbocycles. The average Bonchev–Trinajstić information content (AvgIpc) is 2.75. The Bertz CT molecular complexity index is 552. The van der Waals surface area contributed by atoms with Gasteiger partial charge in [0.05, 0.1) is 6.54 Å². The summed E-state index contributed by atoms with van der Waals surface area (Å²) in [5.41, 5.74) is -0.195. The molecule has 0 atom stereocenters. The van der Waals surface area contributed by atoms with E-state index in [1.165, 1.54) is 12.1 Å². The number of phenols is 1. The number of carbonyl (C=O) groups excluding carboxylic acids is 1. The second-order valence-electron chi connectivity index (χ2n) is 3.60. The molecule has 0 unspecified atom stereocenters. The molecule has 18 heavy (non-hydrogen) atoms. The molecule has 7 heteroatoms. The Balaban J connectivity index is 2.31. The second kappa shape index (κ2) is 4.91. The molecule has 0 bridgehead atoms. The van der Waals surface area contributed by atoms with Crippen LogP contribution >= 0.6 is 0 Å². The number of benzene rings is 1. The molecule has 1 N–H and O–H groups in total. The van der Waals surface area contributed by atoms with E-state index in [2.05, 4.69) is 10.3 Å². The molecule has 0 aliphatic rings. The first-order valence-corrected chi connectivity index (χ1v) is 5.06. The van der Waals surface area contributed by atoms with Crippen molar-refractivity contribution in [1.82, 2.24) is 15.0 Å². The molecule has 0 aliphatic heterocycles. The molecule has 0 aliphatic carbocycles. The second-order valence-corrected chi connectivity index (χ2v) is 3.60. The number of aromatic hydroxyl groups is 1. The minimum absolute atomic E-state index is 0.0563. The number of aldehydes is 1. The fourth-order valence-corrected chi connectivity index (χ4v) is 1.53. The summed E-state index contributed by atoms with van der Waals surface area (Å²) in [7, 11) is 0. The van der Waals surface area contributed by atoms with Crippen molar-refractivity contribution in [3.05, 3.63) is 41.2 Å². The number of carbonyl (C=O) groups is 1. The lowest BCUT2D eigenvalue weighted by Gasteiger charge is -2.06. The molecule has 0 amide bonds. The zero-order chi connectivity index (χ0) is 13.1. The Hall–Kier alpha value is -2.31. The number of aromatic nitrogens is 3. The van der Waals surface area contributed by atoms with Crippen LogP contribution in [0, 0.1) is 0 Å². The van der Waals surface area contributed by atoms with Crippen molar-refractivity contribution in [2.75, 3.05) is 0 Å². The zero-order valence-electron chi connectivity index (χ0n) is 9.12. The van der Waals surface area contributed by atoms with Crippen LogP contribution in [0.1, 0.15) is 28.2 Å². The van der Waals surface area contributed by atoms with E-state index < -0.39 is 12.1 Å². The fourth-order valence-electron chi connectivity index (χ4n) is 1.53. The van der Waals surface area contributed by atoms with Gasteiger partial charge in [-0.05, 0) is 17.7 Å². The summed E-state index contributed by atoms with van der Waals surface area (Å²) in [4.78, 5) is 10.6. The standard InChI is InChI=1S/C11H9F2N3O2/c12-11(13)10-9(6-17)14-15-16(10)5-7-1-3-8(18)4-2-7/h1-4,6,11,18H,5H2. The highest BCUT2D eigenvalue weighted by Gasteiger charge is 2.21. The van der Waals surface area contributed by atoms with E-state index in [1.54, 1.807) is 12.1 Å². The first-order chi connectivity index (χ1) is 8.61. The van der Waals surface area contributed by atoms with Crippen LogP contribution in [-0.2, 0) is 6.54 Å². The Kier molecular flexibility index (Phi) is 3.31. The van der Waals surface area contributed by atoms with Gasteiger partial charge >= 0.3 is 0 Å². The highest BCUT2D eigenvalue weighted by molar-refractivity contribution is 5.73. The lowest BCUT2D eigenvalue weighted by molar-refractivity contribution is 0.109. The van der Waals surface area contributed by atoms with Crippen LogP contribution in [0.2, 0.25) is 0 Å². The van der Waals surface area contributed by atoms with E-state index in [1.807, 2.05) is 0 Å². The van der Waals surface area contributed by atoms with Gasteiger partial charge in [-0.1, -0.05) is 17.3 Å². The largest absolute Gasteiger partial charge is 0.508 e. The van der Waals surface area contributed by atoms with Gasteiger partial charge in [0.15, 0.2) is 12.0 Å². The van der Waals surface area contributed by atoms with E-state index in [-0.39, 0.29) is 24.3 Å². The van der Waals surface area contributed by atoms with Gasteiger partial charge in [0.25, 0.3) is 6.43 Å². The molecule has 5 nitrogen and oxygen atoms in total. The van der Waals surface area contributed by atoms with Crippen molar-refractivity contribution in [2.45, 2.75) is 13.0 Å². The van der Waals surface area contributed by atoms with Crippen molar-refractivity contribution in [2.24, 2.45) is 0 Å². The molecule has 0 saturated heterocycles. The summed E-state index contributed by atoms with van der Waals surface area (Å²) >= 11 is 0.